The molecule has 5 atom stereocenters. The lowest BCUT2D eigenvalue weighted by Crippen LogP contribution is -2.70. The normalized spacial score (nSPS) is 30.5. The van der Waals surface area contributed by atoms with Crippen LogP contribution in [0.25, 0.3) is 0 Å². The number of anilines is 1. The Morgan fingerprint density at radius 3 is 2.40 bits per heavy atom. The van der Waals surface area contributed by atoms with E-state index in [1.807, 2.05) is 0 Å². The highest BCUT2D eigenvalue weighted by atomic mass is 32.2. The van der Waals surface area contributed by atoms with Gasteiger partial charge in [-0.1, -0.05) is 18.2 Å². The van der Waals surface area contributed by atoms with Gasteiger partial charge < -0.3 is 14.8 Å². The molecule has 2 heterocycles. The Balaban J connectivity index is 1.92. The predicted octanol–water partition coefficient (Wildman–Crippen LogP) is 1.11. The second-order valence-corrected chi connectivity index (χ2v) is 14.1. The second kappa shape index (κ2) is 11.1. The van der Waals surface area contributed by atoms with E-state index in [1.54, 1.807) is 31.2 Å². The van der Waals surface area contributed by atoms with Crippen LogP contribution in [0.2, 0.25) is 0 Å². The third-order valence-corrected chi connectivity index (χ3v) is 9.52. The molecule has 3 aliphatic rings. The number of amides is 2. The van der Waals surface area contributed by atoms with E-state index in [9.17, 15) is 36.5 Å². The van der Waals surface area contributed by atoms with E-state index in [1.165, 1.54) is 4.90 Å². The Bertz CT molecular complexity index is 1540. The molecule has 3 unspecified atom stereocenters. The molecule has 0 aromatic heterocycles. The van der Waals surface area contributed by atoms with Crippen molar-refractivity contribution in [1.29, 1.82) is 5.26 Å². The van der Waals surface area contributed by atoms with E-state index in [0.29, 0.717) is 11.3 Å². The molecule has 0 bridgehead atoms. The van der Waals surface area contributed by atoms with Gasteiger partial charge in [-0.15, -0.1) is 0 Å². The van der Waals surface area contributed by atoms with Crippen molar-refractivity contribution in [2.24, 2.45) is 5.92 Å². The van der Waals surface area contributed by atoms with Crippen LogP contribution >= 0.6 is 0 Å². The molecule has 1 saturated carbocycles. The van der Waals surface area contributed by atoms with Crippen LogP contribution in [-0.4, -0.2) is 84.8 Å². The summed E-state index contributed by atoms with van der Waals surface area (Å²) in [6.07, 6.45) is -0.904. The number of carbonyl (C=O) groups excluding carboxylic acids is 3. The number of hydrogen-bond acceptors (Lipinski definition) is 12. The summed E-state index contributed by atoms with van der Waals surface area (Å²) in [6.45, 7) is 1.13. The molecule has 1 aliphatic carbocycles. The van der Waals surface area contributed by atoms with E-state index in [-0.39, 0.29) is 38.7 Å². The second-order valence-electron chi connectivity index (χ2n) is 10.8. The first-order valence-corrected chi connectivity index (χ1v) is 16.8. The maximum absolute atomic E-state index is 13.9. The van der Waals surface area contributed by atoms with Crippen LogP contribution in [0.3, 0.4) is 0 Å². The molecule has 2 amide bonds. The van der Waals surface area contributed by atoms with E-state index in [0.717, 1.165) is 19.6 Å². The Hall–Kier alpha value is -3.26. The van der Waals surface area contributed by atoms with Crippen LogP contribution in [0.15, 0.2) is 24.3 Å². The molecule has 1 aromatic carbocycles. The fourth-order valence-electron chi connectivity index (χ4n) is 6.92. The zero-order valence-corrected chi connectivity index (χ0v) is 25.2. The van der Waals surface area contributed by atoms with Crippen molar-refractivity contribution < 1.29 is 49.1 Å². The number of ether oxygens (including phenoxy) is 2. The minimum atomic E-state index is -3.99. The van der Waals surface area contributed by atoms with E-state index in [2.05, 4.69) is 11.4 Å². The number of nitrogens with zero attached hydrogens (tertiary/aromatic N) is 2. The minimum absolute atomic E-state index is 0.0352. The lowest BCUT2D eigenvalue weighted by Gasteiger charge is -2.55. The van der Waals surface area contributed by atoms with Gasteiger partial charge in [0.05, 0.1) is 56.0 Å². The molecular weight excluding hydrogens is 594 g/mol. The summed E-state index contributed by atoms with van der Waals surface area (Å²) in [5.41, 5.74) is -3.82. The Labute approximate surface area is 244 Å². The fraction of sp³-hybridized carbons (Fsp3) is 0.615. The predicted molar refractivity (Wildman–Crippen MR) is 146 cm³/mol. The molecule has 2 fully saturated rings. The van der Waals surface area contributed by atoms with Crippen molar-refractivity contribution in [1.82, 2.24) is 5.32 Å². The number of benzene rings is 1. The number of rotatable bonds is 8. The number of fused-ring (bicyclic) bond motifs is 1. The average Bonchev–Trinajstić information content (AvgIpc) is 3.32. The molecular formula is C26H33N3O11S2. The van der Waals surface area contributed by atoms with Gasteiger partial charge in [0.25, 0.3) is 26.1 Å². The Kier molecular flexibility index (Phi) is 8.37. The smallest absolute Gasteiger partial charge is 0.414 e. The van der Waals surface area contributed by atoms with Crippen molar-refractivity contribution in [3.05, 3.63) is 29.8 Å². The standard InChI is InChI=1S/C26H33N3O11S2/c1-5-38-22(31)18-14-24(15-20(21(30)28-24)40-42(4,35)36)10-11-26(18)25(16-27,12-13-39-41(3,33)34)17-8-6-7-9-19(17)29(26)23(32)37-2/h6-9,18,20H,5,10-15H2,1-4H3,(H,28,30)/t18?,20?,24-,25+,26?/m1/s1. The lowest BCUT2D eigenvalue weighted by atomic mass is 9.53. The van der Waals surface area contributed by atoms with E-state index >= 15 is 0 Å². The topological polar surface area (TPSA) is 195 Å². The molecule has 14 nitrogen and oxygen atoms in total. The molecule has 0 radical (unpaired) electrons. The van der Waals surface area contributed by atoms with Gasteiger partial charge in [0.2, 0.25) is 0 Å². The summed E-state index contributed by atoms with van der Waals surface area (Å²) in [6, 6.07) is 8.86. The van der Waals surface area contributed by atoms with Gasteiger partial charge in [0.1, 0.15) is 5.41 Å². The third kappa shape index (κ3) is 5.34. The largest absolute Gasteiger partial charge is 0.466 e. The first kappa shape index (κ1) is 31.7. The molecule has 1 N–H and O–H groups in total. The van der Waals surface area contributed by atoms with Crippen molar-refractivity contribution in [2.75, 3.05) is 37.7 Å². The molecule has 4 rings (SSSR count). The quantitative estimate of drug-likeness (QED) is 0.319. The van der Waals surface area contributed by atoms with Gasteiger partial charge in [-0.05, 0) is 44.2 Å². The summed E-state index contributed by atoms with van der Waals surface area (Å²) in [7, 11) is -6.74. The molecule has 2 spiro atoms. The number of methoxy groups -OCH3 is 1. The van der Waals surface area contributed by atoms with Gasteiger partial charge >= 0.3 is 12.1 Å². The van der Waals surface area contributed by atoms with Gasteiger partial charge in [0, 0.05) is 12.0 Å². The van der Waals surface area contributed by atoms with Crippen LogP contribution < -0.4 is 10.2 Å². The molecule has 1 saturated heterocycles. The van der Waals surface area contributed by atoms with E-state index in [4.69, 9.17) is 17.8 Å². The van der Waals surface area contributed by atoms with Crippen LogP contribution in [0, 0.1) is 17.2 Å². The third-order valence-electron chi connectivity index (χ3n) is 8.34. The van der Waals surface area contributed by atoms with Gasteiger partial charge in [0.15, 0.2) is 6.10 Å². The van der Waals surface area contributed by atoms with Crippen molar-refractivity contribution >= 4 is 43.9 Å². The summed E-state index contributed by atoms with van der Waals surface area (Å²) in [5.74, 6) is -2.69. The SMILES string of the molecule is CCOC(=O)C1C[C@]2(CCC13N(C(=O)OC)c1ccccc1[C@@]3(C#N)CCOS(C)(=O)=O)CC(OS(C)(=O)=O)C(=O)N2. The van der Waals surface area contributed by atoms with Crippen molar-refractivity contribution in [3.8, 4) is 6.07 Å². The average molecular weight is 628 g/mol. The zero-order chi connectivity index (χ0) is 31.1. The number of para-hydroxylation sites is 1. The Morgan fingerprint density at radius 1 is 1.12 bits per heavy atom. The van der Waals surface area contributed by atoms with Gasteiger partial charge in [-0.2, -0.15) is 22.1 Å². The number of nitrogens with one attached hydrogen (secondary N) is 1. The summed E-state index contributed by atoms with van der Waals surface area (Å²) >= 11 is 0. The van der Waals surface area contributed by atoms with Crippen LogP contribution in [0.1, 0.15) is 44.6 Å². The highest BCUT2D eigenvalue weighted by Crippen LogP contribution is 2.63. The first-order valence-electron chi connectivity index (χ1n) is 13.2. The molecule has 16 heteroatoms. The summed E-state index contributed by atoms with van der Waals surface area (Å²) in [5, 5.41) is 13.7. The van der Waals surface area contributed by atoms with Crippen LogP contribution in [-0.2, 0) is 53.1 Å². The number of nitriles is 1. The highest BCUT2D eigenvalue weighted by Gasteiger charge is 2.72. The first-order chi connectivity index (χ1) is 19.6. The monoisotopic (exact) mass is 627 g/mol. The number of hydrogen-bond donors (Lipinski definition) is 1. The van der Waals surface area contributed by atoms with Gasteiger partial charge in [-0.3, -0.25) is 22.9 Å². The maximum atomic E-state index is 13.9. The number of carbonyl (C=O) groups is 3. The Morgan fingerprint density at radius 2 is 1.81 bits per heavy atom. The highest BCUT2D eigenvalue weighted by molar-refractivity contribution is 7.86. The van der Waals surface area contributed by atoms with Gasteiger partial charge in [-0.25, -0.2) is 4.79 Å². The summed E-state index contributed by atoms with van der Waals surface area (Å²) < 4.78 is 68.0. The molecule has 1 aromatic rings. The lowest BCUT2D eigenvalue weighted by molar-refractivity contribution is -0.155. The maximum Gasteiger partial charge on any atom is 0.414 e. The summed E-state index contributed by atoms with van der Waals surface area (Å²) in [4.78, 5) is 41.5. The zero-order valence-electron chi connectivity index (χ0n) is 23.6. The molecule has 230 valence electrons. The molecule has 2 aliphatic heterocycles. The minimum Gasteiger partial charge on any atom is -0.466 e. The van der Waals surface area contributed by atoms with Crippen LogP contribution in [0.4, 0.5) is 10.5 Å². The van der Waals surface area contributed by atoms with Crippen molar-refractivity contribution in [2.45, 2.75) is 61.6 Å². The van der Waals surface area contributed by atoms with Crippen molar-refractivity contribution in [3.63, 3.8) is 0 Å². The van der Waals surface area contributed by atoms with E-state index < -0.39 is 73.3 Å². The molecule has 42 heavy (non-hydrogen) atoms. The van der Waals surface area contributed by atoms with Crippen LogP contribution in [0.5, 0.6) is 0 Å². The number of esters is 1. The fourth-order valence-corrected chi connectivity index (χ4v) is 7.89.